The van der Waals surface area contributed by atoms with Gasteiger partial charge in [-0.25, -0.2) is 4.39 Å². The van der Waals surface area contributed by atoms with Crippen LogP contribution in [0.4, 0.5) is 4.39 Å². The molecule has 19 heavy (non-hydrogen) atoms. The van der Waals surface area contributed by atoms with Crippen LogP contribution in [0.15, 0.2) is 24.3 Å². The van der Waals surface area contributed by atoms with Crippen LogP contribution in [0.3, 0.4) is 0 Å². The van der Waals surface area contributed by atoms with Gasteiger partial charge < -0.3 is 4.90 Å². The lowest BCUT2D eigenvalue weighted by molar-refractivity contribution is 0.0740. The Labute approximate surface area is 113 Å². The summed E-state index contributed by atoms with van der Waals surface area (Å²) in [5.74, 6) is -0.271. The number of carbonyl (C=O) groups excluding carboxylic acids is 1. The Morgan fingerprint density at radius 2 is 1.84 bits per heavy atom. The van der Waals surface area contributed by atoms with Crippen LogP contribution in [0.25, 0.3) is 0 Å². The summed E-state index contributed by atoms with van der Waals surface area (Å²) in [6, 6.07) is 6.95. The first kappa shape index (κ1) is 12.6. The molecule has 2 saturated heterocycles. The molecule has 3 nitrogen and oxygen atoms in total. The second-order valence-electron chi connectivity index (χ2n) is 5.60. The average Bonchev–Trinajstić information content (AvgIpc) is 2.63. The molecule has 4 heteroatoms. The van der Waals surface area contributed by atoms with E-state index in [0.717, 1.165) is 19.5 Å². The molecule has 102 valence electrons. The maximum atomic E-state index is 12.9. The van der Waals surface area contributed by atoms with Crippen LogP contribution in [0, 0.1) is 5.82 Å². The number of rotatable bonds is 1. The molecule has 2 heterocycles. The largest absolute Gasteiger partial charge is 0.337 e. The van der Waals surface area contributed by atoms with Gasteiger partial charge in [0.25, 0.3) is 5.91 Å². The van der Waals surface area contributed by atoms with Gasteiger partial charge in [0.05, 0.1) is 0 Å². The van der Waals surface area contributed by atoms with E-state index in [1.807, 2.05) is 4.90 Å². The number of nitrogens with zero attached hydrogens (tertiary/aromatic N) is 2. The van der Waals surface area contributed by atoms with Crippen molar-refractivity contribution in [2.75, 3.05) is 20.1 Å². The molecule has 2 aliphatic heterocycles. The number of hydrogen-bond donors (Lipinski definition) is 0. The van der Waals surface area contributed by atoms with Crippen LogP contribution in [-0.4, -0.2) is 47.9 Å². The molecule has 0 N–H and O–H groups in total. The van der Waals surface area contributed by atoms with Gasteiger partial charge in [0.15, 0.2) is 0 Å². The van der Waals surface area contributed by atoms with Gasteiger partial charge in [-0.1, -0.05) is 0 Å². The number of halogens is 1. The number of fused-ring (bicyclic) bond motifs is 2. The van der Waals surface area contributed by atoms with Gasteiger partial charge >= 0.3 is 0 Å². The molecule has 3 rings (SSSR count). The quantitative estimate of drug-likeness (QED) is 0.774. The zero-order valence-electron chi connectivity index (χ0n) is 11.2. The summed E-state index contributed by atoms with van der Waals surface area (Å²) in [6.45, 7) is 1.60. The number of likely N-dealkylation sites (tertiary alicyclic amines) is 1. The van der Waals surface area contributed by atoms with E-state index < -0.39 is 0 Å². The van der Waals surface area contributed by atoms with Gasteiger partial charge in [-0.15, -0.1) is 0 Å². The van der Waals surface area contributed by atoms with Crippen LogP contribution in [0.5, 0.6) is 0 Å². The molecule has 2 unspecified atom stereocenters. The Morgan fingerprint density at radius 3 is 2.58 bits per heavy atom. The smallest absolute Gasteiger partial charge is 0.253 e. The summed E-state index contributed by atoms with van der Waals surface area (Å²) in [6.07, 6.45) is 3.47. The van der Waals surface area contributed by atoms with E-state index in [9.17, 15) is 9.18 Å². The minimum absolute atomic E-state index is 0.0287. The third-order valence-corrected chi connectivity index (χ3v) is 4.53. The Balaban J connectivity index is 1.75. The van der Waals surface area contributed by atoms with Crippen LogP contribution in [0.1, 0.15) is 29.6 Å². The van der Waals surface area contributed by atoms with E-state index in [1.165, 1.54) is 25.0 Å². The van der Waals surface area contributed by atoms with Gasteiger partial charge in [-0.05, 0) is 50.6 Å². The Hall–Kier alpha value is -1.42. The number of carbonyl (C=O) groups is 1. The van der Waals surface area contributed by atoms with Crippen molar-refractivity contribution in [1.29, 1.82) is 0 Å². The fourth-order valence-corrected chi connectivity index (χ4v) is 3.27. The lowest BCUT2D eigenvalue weighted by atomic mass is 10.1. The number of amides is 1. The summed E-state index contributed by atoms with van der Waals surface area (Å²) in [5, 5.41) is 0. The standard InChI is InChI=1S/C15H19FN2O/c1-17-13-6-7-14(17)10-18(9-8-13)15(19)11-2-4-12(16)5-3-11/h2-5,13-14H,6-10H2,1H3. The van der Waals surface area contributed by atoms with E-state index in [1.54, 1.807) is 12.1 Å². The SMILES string of the molecule is CN1C2CCC1CN(C(=O)c1ccc(F)cc1)CC2. The highest BCUT2D eigenvalue weighted by Gasteiger charge is 2.36. The summed E-state index contributed by atoms with van der Waals surface area (Å²) in [5.41, 5.74) is 0.585. The molecular formula is C15H19FN2O. The average molecular weight is 262 g/mol. The molecular weight excluding hydrogens is 243 g/mol. The molecule has 0 spiro atoms. The fraction of sp³-hybridized carbons (Fsp3) is 0.533. The maximum absolute atomic E-state index is 12.9. The zero-order valence-corrected chi connectivity index (χ0v) is 11.2. The van der Waals surface area contributed by atoms with Crippen LogP contribution < -0.4 is 0 Å². The number of likely N-dealkylation sites (N-methyl/N-ethyl adjacent to an activating group) is 1. The predicted molar refractivity (Wildman–Crippen MR) is 71.5 cm³/mol. The third kappa shape index (κ3) is 2.37. The Bertz CT molecular complexity index is 474. The van der Waals surface area contributed by atoms with Gasteiger partial charge in [0.2, 0.25) is 0 Å². The molecule has 1 amide bonds. The monoisotopic (exact) mass is 262 g/mol. The van der Waals surface area contributed by atoms with Crippen molar-refractivity contribution in [3.05, 3.63) is 35.6 Å². The van der Waals surface area contributed by atoms with Crippen molar-refractivity contribution in [1.82, 2.24) is 9.80 Å². The lowest BCUT2D eigenvalue weighted by Crippen LogP contribution is -2.39. The maximum Gasteiger partial charge on any atom is 0.253 e. The molecule has 1 aromatic carbocycles. The molecule has 2 bridgehead atoms. The van der Waals surface area contributed by atoms with Crippen molar-refractivity contribution >= 4 is 5.91 Å². The second kappa shape index (κ2) is 4.93. The van der Waals surface area contributed by atoms with Gasteiger partial charge in [0.1, 0.15) is 5.82 Å². The molecule has 2 aliphatic rings. The topological polar surface area (TPSA) is 23.6 Å². The first-order valence-corrected chi connectivity index (χ1v) is 6.92. The lowest BCUT2D eigenvalue weighted by Gasteiger charge is -2.25. The molecule has 1 aromatic rings. The van der Waals surface area contributed by atoms with E-state index in [4.69, 9.17) is 0 Å². The van der Waals surface area contributed by atoms with Gasteiger partial charge in [-0.3, -0.25) is 9.69 Å². The highest BCUT2D eigenvalue weighted by molar-refractivity contribution is 5.94. The molecule has 0 radical (unpaired) electrons. The van der Waals surface area contributed by atoms with E-state index >= 15 is 0 Å². The minimum atomic E-state index is -0.300. The van der Waals surface area contributed by atoms with Crippen molar-refractivity contribution in [2.24, 2.45) is 0 Å². The zero-order chi connectivity index (χ0) is 13.4. The molecule has 2 atom stereocenters. The van der Waals surface area contributed by atoms with Crippen LogP contribution in [0.2, 0.25) is 0 Å². The van der Waals surface area contributed by atoms with Crippen LogP contribution >= 0.6 is 0 Å². The van der Waals surface area contributed by atoms with E-state index in [2.05, 4.69) is 11.9 Å². The van der Waals surface area contributed by atoms with Gasteiger partial charge in [-0.2, -0.15) is 0 Å². The Kier molecular flexibility index (Phi) is 3.27. The summed E-state index contributed by atoms with van der Waals surface area (Å²) >= 11 is 0. The highest BCUT2D eigenvalue weighted by Crippen LogP contribution is 2.28. The predicted octanol–water partition coefficient (Wildman–Crippen LogP) is 2.13. The van der Waals surface area contributed by atoms with Crippen molar-refractivity contribution in [3.8, 4) is 0 Å². The molecule has 2 fully saturated rings. The number of hydrogen-bond acceptors (Lipinski definition) is 2. The first-order valence-electron chi connectivity index (χ1n) is 6.92. The van der Waals surface area contributed by atoms with Crippen molar-refractivity contribution in [3.63, 3.8) is 0 Å². The van der Waals surface area contributed by atoms with Gasteiger partial charge in [0, 0.05) is 30.7 Å². The summed E-state index contributed by atoms with van der Waals surface area (Å²) in [7, 11) is 2.16. The van der Waals surface area contributed by atoms with Crippen molar-refractivity contribution in [2.45, 2.75) is 31.3 Å². The van der Waals surface area contributed by atoms with Crippen molar-refractivity contribution < 1.29 is 9.18 Å². The Morgan fingerprint density at radius 1 is 1.16 bits per heavy atom. The highest BCUT2D eigenvalue weighted by atomic mass is 19.1. The minimum Gasteiger partial charge on any atom is -0.337 e. The second-order valence-corrected chi connectivity index (χ2v) is 5.60. The normalized spacial score (nSPS) is 27.4. The molecule has 0 aliphatic carbocycles. The fourth-order valence-electron chi connectivity index (χ4n) is 3.27. The van der Waals surface area contributed by atoms with E-state index in [-0.39, 0.29) is 11.7 Å². The summed E-state index contributed by atoms with van der Waals surface area (Å²) in [4.78, 5) is 16.8. The number of benzene rings is 1. The molecule has 0 saturated carbocycles. The third-order valence-electron chi connectivity index (χ3n) is 4.53. The first-order chi connectivity index (χ1) is 9.15. The summed E-state index contributed by atoms with van der Waals surface area (Å²) < 4.78 is 12.9. The van der Waals surface area contributed by atoms with Crippen LogP contribution in [-0.2, 0) is 0 Å². The van der Waals surface area contributed by atoms with E-state index in [0.29, 0.717) is 17.6 Å². The molecule has 0 aromatic heterocycles.